The first-order valence-corrected chi connectivity index (χ1v) is 11.5. The lowest BCUT2D eigenvalue weighted by atomic mass is 9.73. The van der Waals surface area contributed by atoms with Crippen LogP contribution in [0.2, 0.25) is 0 Å². The number of hydrogen-bond acceptors (Lipinski definition) is 3. The molecule has 1 aliphatic rings. The quantitative estimate of drug-likeness (QED) is 0.314. The molecule has 0 saturated carbocycles. The molecule has 32 heavy (non-hydrogen) atoms. The van der Waals surface area contributed by atoms with Gasteiger partial charge in [0, 0.05) is 11.5 Å². The van der Waals surface area contributed by atoms with Gasteiger partial charge in [0.25, 0.3) is 0 Å². The molecule has 0 saturated heterocycles. The maximum absolute atomic E-state index is 12.2. The van der Waals surface area contributed by atoms with E-state index in [0.717, 1.165) is 37.7 Å². The minimum absolute atomic E-state index is 0.00592. The summed E-state index contributed by atoms with van der Waals surface area (Å²) in [7, 11) is 0. The first-order chi connectivity index (χ1) is 15.3. The molecule has 2 aromatic rings. The molecule has 1 aliphatic carbocycles. The van der Waals surface area contributed by atoms with E-state index in [4.69, 9.17) is 4.74 Å². The van der Waals surface area contributed by atoms with E-state index < -0.39 is 5.97 Å². The molecular weight excluding hydrogens is 400 g/mol. The van der Waals surface area contributed by atoms with E-state index in [0.29, 0.717) is 29.0 Å². The molecule has 2 aromatic carbocycles. The van der Waals surface area contributed by atoms with Crippen LogP contribution in [0.1, 0.15) is 80.3 Å². The molecule has 0 radical (unpaired) electrons. The van der Waals surface area contributed by atoms with Crippen molar-refractivity contribution in [1.29, 1.82) is 0 Å². The Morgan fingerprint density at radius 1 is 1.22 bits per heavy atom. The van der Waals surface area contributed by atoms with E-state index in [1.165, 1.54) is 5.57 Å². The molecule has 2 N–H and O–H groups in total. The number of benzene rings is 2. The van der Waals surface area contributed by atoms with E-state index in [2.05, 4.69) is 26.5 Å². The molecule has 4 heteroatoms. The molecule has 2 unspecified atom stereocenters. The fourth-order valence-corrected chi connectivity index (χ4v) is 4.64. The molecule has 2 atom stereocenters. The maximum Gasteiger partial charge on any atom is 0.339 e. The van der Waals surface area contributed by atoms with Crippen molar-refractivity contribution in [1.82, 2.24) is 0 Å². The van der Waals surface area contributed by atoms with E-state index in [1.807, 2.05) is 43.3 Å². The molecule has 0 spiro atoms. The van der Waals surface area contributed by atoms with Gasteiger partial charge in [0.2, 0.25) is 0 Å². The number of carboxylic acids is 1. The SMILES string of the molecule is C=C(C)C1CCC(C)=CC1c1c(Oc2ccccc2)cc(CCCCC)c(C(=O)O)c1O. The zero-order valence-electron chi connectivity index (χ0n) is 19.4. The summed E-state index contributed by atoms with van der Waals surface area (Å²) in [6.45, 7) is 10.4. The molecule has 0 heterocycles. The number of ether oxygens (including phenoxy) is 1. The zero-order chi connectivity index (χ0) is 23.3. The molecule has 0 fully saturated rings. The molecule has 170 valence electrons. The molecule has 0 amide bonds. The molecule has 0 aromatic heterocycles. The van der Waals surface area contributed by atoms with Crippen molar-refractivity contribution in [2.75, 3.05) is 0 Å². The van der Waals surface area contributed by atoms with Gasteiger partial charge in [0.1, 0.15) is 22.8 Å². The second kappa shape index (κ2) is 10.5. The first kappa shape index (κ1) is 23.6. The highest BCUT2D eigenvalue weighted by molar-refractivity contribution is 5.94. The fraction of sp³-hybridized carbons (Fsp3) is 0.393. The van der Waals surface area contributed by atoms with Gasteiger partial charge in [-0.15, -0.1) is 0 Å². The lowest BCUT2D eigenvalue weighted by Crippen LogP contribution is -2.19. The van der Waals surface area contributed by atoms with Crippen molar-refractivity contribution in [2.45, 2.75) is 65.2 Å². The average molecular weight is 435 g/mol. The molecular formula is C28H34O4. The Hall–Kier alpha value is -3.01. The second-order valence-corrected chi connectivity index (χ2v) is 8.88. The Bertz CT molecular complexity index is 1000. The Morgan fingerprint density at radius 3 is 2.56 bits per heavy atom. The maximum atomic E-state index is 12.2. The van der Waals surface area contributed by atoms with Gasteiger partial charge in [-0.3, -0.25) is 0 Å². The normalized spacial score (nSPS) is 18.2. The third kappa shape index (κ3) is 5.24. The van der Waals surface area contributed by atoms with Crippen LogP contribution in [0.15, 0.2) is 60.2 Å². The van der Waals surface area contributed by atoms with E-state index in [-0.39, 0.29) is 23.1 Å². The van der Waals surface area contributed by atoms with Crippen LogP contribution >= 0.6 is 0 Å². The monoisotopic (exact) mass is 434 g/mol. The largest absolute Gasteiger partial charge is 0.507 e. The number of carbonyl (C=O) groups is 1. The highest BCUT2D eigenvalue weighted by Crippen LogP contribution is 2.49. The second-order valence-electron chi connectivity index (χ2n) is 8.88. The predicted octanol–water partition coefficient (Wildman–Crippen LogP) is 7.63. The summed E-state index contributed by atoms with van der Waals surface area (Å²) in [6, 6.07) is 11.3. The summed E-state index contributed by atoms with van der Waals surface area (Å²) >= 11 is 0. The zero-order valence-corrected chi connectivity index (χ0v) is 19.4. The van der Waals surface area contributed by atoms with Crippen molar-refractivity contribution >= 4 is 5.97 Å². The summed E-state index contributed by atoms with van der Waals surface area (Å²) in [4.78, 5) is 12.2. The number of hydrogen-bond donors (Lipinski definition) is 2. The fourth-order valence-electron chi connectivity index (χ4n) is 4.64. The average Bonchev–Trinajstić information content (AvgIpc) is 2.74. The van der Waals surface area contributed by atoms with Crippen molar-refractivity contribution in [3.05, 3.63) is 76.9 Å². The Morgan fingerprint density at radius 2 is 1.94 bits per heavy atom. The molecule has 0 bridgehead atoms. The van der Waals surface area contributed by atoms with Crippen LogP contribution in [0.25, 0.3) is 0 Å². The van der Waals surface area contributed by atoms with Crippen LogP contribution in [0, 0.1) is 5.92 Å². The van der Waals surface area contributed by atoms with Gasteiger partial charge in [-0.1, -0.05) is 61.8 Å². The van der Waals surface area contributed by atoms with Gasteiger partial charge in [-0.25, -0.2) is 4.79 Å². The Kier molecular flexibility index (Phi) is 7.79. The number of unbranched alkanes of at least 4 members (excludes halogenated alkanes) is 2. The lowest BCUT2D eigenvalue weighted by Gasteiger charge is -2.32. The summed E-state index contributed by atoms with van der Waals surface area (Å²) in [6.07, 6.45) is 7.48. The van der Waals surface area contributed by atoms with E-state index >= 15 is 0 Å². The smallest absolute Gasteiger partial charge is 0.339 e. The lowest BCUT2D eigenvalue weighted by molar-refractivity contribution is 0.0692. The van der Waals surface area contributed by atoms with E-state index in [1.54, 1.807) is 0 Å². The Labute approximate surface area is 191 Å². The number of rotatable bonds is 9. The third-order valence-electron chi connectivity index (χ3n) is 6.33. The standard InChI is InChI=1S/C28H34O4/c1-5-6-8-11-20-17-24(32-21-12-9-7-10-13-21)26(27(29)25(20)28(30)31)23-16-19(4)14-15-22(23)18(2)3/h7,9-10,12-13,16-17,22-23,29H,2,5-6,8,11,14-15H2,1,3-4H3,(H,30,31). The summed E-state index contributed by atoms with van der Waals surface area (Å²) < 4.78 is 6.28. The van der Waals surface area contributed by atoms with Crippen molar-refractivity contribution in [3.8, 4) is 17.2 Å². The van der Waals surface area contributed by atoms with E-state index in [9.17, 15) is 15.0 Å². The summed E-state index contributed by atoms with van der Waals surface area (Å²) in [5.74, 6) is -0.200. The van der Waals surface area contributed by atoms with Crippen LogP contribution < -0.4 is 4.74 Å². The van der Waals surface area contributed by atoms with Gasteiger partial charge in [0.05, 0.1) is 0 Å². The number of aromatic carboxylic acids is 1. The summed E-state index contributed by atoms with van der Waals surface area (Å²) in [5, 5.41) is 21.4. The van der Waals surface area contributed by atoms with Crippen LogP contribution in [0.5, 0.6) is 17.2 Å². The van der Waals surface area contributed by atoms with Crippen LogP contribution in [-0.4, -0.2) is 16.2 Å². The van der Waals surface area contributed by atoms with Gasteiger partial charge in [-0.2, -0.15) is 0 Å². The number of allylic oxidation sites excluding steroid dienone is 3. The van der Waals surface area contributed by atoms with Gasteiger partial charge in [0.15, 0.2) is 0 Å². The van der Waals surface area contributed by atoms with Crippen molar-refractivity contribution in [3.63, 3.8) is 0 Å². The summed E-state index contributed by atoms with van der Waals surface area (Å²) in [5.41, 5.74) is 3.39. The van der Waals surface area contributed by atoms with Crippen LogP contribution in [0.4, 0.5) is 0 Å². The topological polar surface area (TPSA) is 66.8 Å². The molecule has 4 nitrogen and oxygen atoms in total. The highest BCUT2D eigenvalue weighted by Gasteiger charge is 2.33. The van der Waals surface area contributed by atoms with Gasteiger partial charge >= 0.3 is 5.97 Å². The number of carboxylic acid groups (broad SMARTS) is 1. The first-order valence-electron chi connectivity index (χ1n) is 11.5. The minimum Gasteiger partial charge on any atom is -0.507 e. The number of para-hydroxylation sites is 1. The molecule has 3 rings (SSSR count). The van der Waals surface area contributed by atoms with Crippen molar-refractivity contribution in [2.24, 2.45) is 5.92 Å². The molecule has 0 aliphatic heterocycles. The van der Waals surface area contributed by atoms with Crippen LogP contribution in [-0.2, 0) is 6.42 Å². The Balaban J connectivity index is 2.22. The number of aryl methyl sites for hydroxylation is 1. The third-order valence-corrected chi connectivity index (χ3v) is 6.33. The minimum atomic E-state index is -1.11. The van der Waals surface area contributed by atoms with Crippen molar-refractivity contribution < 1.29 is 19.7 Å². The predicted molar refractivity (Wildman–Crippen MR) is 129 cm³/mol. The number of aromatic hydroxyl groups is 1. The van der Waals surface area contributed by atoms with Gasteiger partial charge in [-0.05, 0) is 69.2 Å². The number of phenols is 1. The van der Waals surface area contributed by atoms with Crippen LogP contribution in [0.3, 0.4) is 0 Å². The van der Waals surface area contributed by atoms with Gasteiger partial charge < -0.3 is 14.9 Å². The highest BCUT2D eigenvalue weighted by atomic mass is 16.5.